The monoisotopic (exact) mass is 323 g/mol. The SMILES string of the molecule is COCCOc1ccccc1C(=O)N1CCOC(CC(=O)O)C1. The maximum atomic E-state index is 12.7. The van der Waals surface area contributed by atoms with Crippen molar-refractivity contribution in [3.05, 3.63) is 29.8 Å². The summed E-state index contributed by atoms with van der Waals surface area (Å²) in [5.41, 5.74) is 0.458. The third-order valence-corrected chi connectivity index (χ3v) is 3.49. The number of amides is 1. The summed E-state index contributed by atoms with van der Waals surface area (Å²) >= 11 is 0. The summed E-state index contributed by atoms with van der Waals surface area (Å²) in [7, 11) is 1.58. The second-order valence-corrected chi connectivity index (χ2v) is 5.18. The fourth-order valence-electron chi connectivity index (χ4n) is 2.40. The number of carbonyl (C=O) groups is 2. The van der Waals surface area contributed by atoms with Gasteiger partial charge in [-0.1, -0.05) is 12.1 Å². The summed E-state index contributed by atoms with van der Waals surface area (Å²) in [6.07, 6.45) is -0.595. The molecule has 0 aromatic heterocycles. The molecule has 0 spiro atoms. The molecule has 1 fully saturated rings. The van der Waals surface area contributed by atoms with Gasteiger partial charge in [0.2, 0.25) is 0 Å². The third kappa shape index (κ3) is 4.94. The van der Waals surface area contributed by atoms with Crippen LogP contribution in [0.2, 0.25) is 0 Å². The highest BCUT2D eigenvalue weighted by Gasteiger charge is 2.27. The van der Waals surface area contributed by atoms with Gasteiger partial charge in [0.25, 0.3) is 5.91 Å². The minimum atomic E-state index is -0.937. The lowest BCUT2D eigenvalue weighted by Crippen LogP contribution is -2.46. The number of rotatable bonds is 7. The molecule has 2 rings (SSSR count). The maximum absolute atomic E-state index is 12.7. The molecule has 1 heterocycles. The largest absolute Gasteiger partial charge is 0.490 e. The molecule has 7 heteroatoms. The van der Waals surface area contributed by atoms with Crippen molar-refractivity contribution in [1.29, 1.82) is 0 Å². The molecule has 1 aromatic rings. The van der Waals surface area contributed by atoms with Crippen LogP contribution in [0.4, 0.5) is 0 Å². The second kappa shape index (κ2) is 8.50. The normalized spacial score (nSPS) is 17.8. The summed E-state index contributed by atoms with van der Waals surface area (Å²) in [6.45, 7) is 1.81. The highest BCUT2D eigenvalue weighted by molar-refractivity contribution is 5.97. The van der Waals surface area contributed by atoms with Crippen molar-refractivity contribution in [2.24, 2.45) is 0 Å². The fourth-order valence-corrected chi connectivity index (χ4v) is 2.40. The number of carbonyl (C=O) groups excluding carboxylic acids is 1. The highest BCUT2D eigenvalue weighted by atomic mass is 16.5. The van der Waals surface area contributed by atoms with E-state index < -0.39 is 12.1 Å². The fraction of sp³-hybridized carbons (Fsp3) is 0.500. The maximum Gasteiger partial charge on any atom is 0.306 e. The summed E-state index contributed by atoms with van der Waals surface area (Å²) in [6, 6.07) is 7.00. The summed E-state index contributed by atoms with van der Waals surface area (Å²) in [5, 5.41) is 8.86. The van der Waals surface area contributed by atoms with Crippen molar-refractivity contribution in [1.82, 2.24) is 4.90 Å². The molecule has 0 saturated carbocycles. The first-order valence-electron chi connectivity index (χ1n) is 7.45. The van der Waals surface area contributed by atoms with Gasteiger partial charge in [-0.25, -0.2) is 0 Å². The van der Waals surface area contributed by atoms with Gasteiger partial charge in [0.05, 0.1) is 31.3 Å². The van der Waals surface area contributed by atoms with Gasteiger partial charge in [-0.05, 0) is 12.1 Å². The average molecular weight is 323 g/mol. The van der Waals surface area contributed by atoms with Gasteiger partial charge < -0.3 is 24.2 Å². The first-order valence-corrected chi connectivity index (χ1v) is 7.45. The van der Waals surface area contributed by atoms with Crippen LogP contribution in [-0.4, -0.2) is 68.0 Å². The Morgan fingerprint density at radius 1 is 1.35 bits per heavy atom. The second-order valence-electron chi connectivity index (χ2n) is 5.18. The minimum Gasteiger partial charge on any atom is -0.490 e. The molecule has 7 nitrogen and oxygen atoms in total. The molecule has 0 radical (unpaired) electrons. The van der Waals surface area contributed by atoms with E-state index in [9.17, 15) is 9.59 Å². The molecule has 0 aliphatic carbocycles. The lowest BCUT2D eigenvalue weighted by atomic mass is 10.1. The molecule has 1 aliphatic rings. The smallest absolute Gasteiger partial charge is 0.306 e. The number of para-hydroxylation sites is 1. The van der Waals surface area contributed by atoms with Crippen LogP contribution >= 0.6 is 0 Å². The van der Waals surface area contributed by atoms with Crippen molar-refractivity contribution in [2.45, 2.75) is 12.5 Å². The van der Waals surface area contributed by atoms with Crippen molar-refractivity contribution >= 4 is 11.9 Å². The van der Waals surface area contributed by atoms with Crippen LogP contribution < -0.4 is 4.74 Å². The Balaban J connectivity index is 2.05. The number of carboxylic acid groups (broad SMARTS) is 1. The number of carboxylic acids is 1. The number of nitrogens with zero attached hydrogens (tertiary/aromatic N) is 1. The van der Waals surface area contributed by atoms with Crippen LogP contribution in [0.3, 0.4) is 0 Å². The first kappa shape index (κ1) is 17.2. The van der Waals surface area contributed by atoms with Gasteiger partial charge in [-0.3, -0.25) is 9.59 Å². The van der Waals surface area contributed by atoms with Crippen LogP contribution in [0, 0.1) is 0 Å². The predicted octanol–water partition coefficient (Wildman–Crippen LogP) is 1.03. The zero-order valence-electron chi connectivity index (χ0n) is 13.1. The van der Waals surface area contributed by atoms with E-state index in [0.29, 0.717) is 37.7 Å². The number of ether oxygens (including phenoxy) is 3. The topological polar surface area (TPSA) is 85.3 Å². The first-order chi connectivity index (χ1) is 11.1. The predicted molar refractivity (Wildman–Crippen MR) is 81.7 cm³/mol. The van der Waals surface area contributed by atoms with Crippen LogP contribution in [0.25, 0.3) is 0 Å². The van der Waals surface area contributed by atoms with E-state index in [1.54, 1.807) is 36.3 Å². The summed E-state index contributed by atoms with van der Waals surface area (Å²) < 4.78 is 15.9. The molecule has 1 aromatic carbocycles. The molecule has 1 N–H and O–H groups in total. The minimum absolute atomic E-state index is 0.115. The van der Waals surface area contributed by atoms with Crippen LogP contribution in [0.1, 0.15) is 16.8 Å². The van der Waals surface area contributed by atoms with E-state index in [4.69, 9.17) is 19.3 Å². The Morgan fingerprint density at radius 3 is 2.87 bits per heavy atom. The third-order valence-electron chi connectivity index (χ3n) is 3.49. The molecule has 1 amide bonds. The van der Waals surface area contributed by atoms with Crippen molar-refractivity contribution in [3.8, 4) is 5.75 Å². The Bertz CT molecular complexity index is 547. The average Bonchev–Trinajstić information content (AvgIpc) is 2.54. The Labute approximate surface area is 134 Å². The standard InChI is InChI=1S/C16H21NO6/c1-21-8-9-23-14-5-3-2-4-13(14)16(20)17-6-7-22-12(11-17)10-15(18)19/h2-5,12H,6-11H2,1H3,(H,18,19). The van der Waals surface area contributed by atoms with Gasteiger partial charge >= 0.3 is 5.97 Å². The molecular weight excluding hydrogens is 302 g/mol. The van der Waals surface area contributed by atoms with Gasteiger partial charge in [0.15, 0.2) is 0 Å². The van der Waals surface area contributed by atoms with Crippen molar-refractivity contribution in [3.63, 3.8) is 0 Å². The number of hydrogen-bond donors (Lipinski definition) is 1. The molecule has 1 saturated heterocycles. The molecular formula is C16H21NO6. The quantitative estimate of drug-likeness (QED) is 0.754. The van der Waals surface area contributed by atoms with Crippen molar-refractivity contribution in [2.75, 3.05) is 40.0 Å². The number of methoxy groups -OCH3 is 1. The summed E-state index contributed by atoms with van der Waals surface area (Å²) in [4.78, 5) is 25.1. The number of morpholine rings is 1. The van der Waals surface area contributed by atoms with E-state index in [2.05, 4.69) is 0 Å². The van der Waals surface area contributed by atoms with E-state index in [1.807, 2.05) is 0 Å². The zero-order chi connectivity index (χ0) is 16.7. The van der Waals surface area contributed by atoms with E-state index in [1.165, 1.54) is 0 Å². The molecule has 23 heavy (non-hydrogen) atoms. The Kier molecular flexibility index (Phi) is 6.37. The van der Waals surface area contributed by atoms with Gasteiger partial charge in [0.1, 0.15) is 12.4 Å². The number of benzene rings is 1. The van der Waals surface area contributed by atoms with Gasteiger partial charge in [0, 0.05) is 20.2 Å². The Hall–Kier alpha value is -2.12. The van der Waals surface area contributed by atoms with E-state index in [-0.39, 0.29) is 18.9 Å². The van der Waals surface area contributed by atoms with E-state index in [0.717, 1.165) is 0 Å². The zero-order valence-corrected chi connectivity index (χ0v) is 13.1. The number of aliphatic carboxylic acids is 1. The molecule has 0 bridgehead atoms. The molecule has 126 valence electrons. The summed E-state index contributed by atoms with van der Waals surface area (Å²) in [5.74, 6) is -0.625. The Morgan fingerprint density at radius 2 is 2.13 bits per heavy atom. The van der Waals surface area contributed by atoms with Crippen LogP contribution in [0.5, 0.6) is 5.75 Å². The lowest BCUT2D eigenvalue weighted by Gasteiger charge is -2.32. The van der Waals surface area contributed by atoms with Gasteiger partial charge in [-0.2, -0.15) is 0 Å². The molecule has 1 atom stereocenters. The van der Waals surface area contributed by atoms with Crippen LogP contribution in [0.15, 0.2) is 24.3 Å². The number of hydrogen-bond acceptors (Lipinski definition) is 5. The van der Waals surface area contributed by atoms with Crippen LogP contribution in [-0.2, 0) is 14.3 Å². The van der Waals surface area contributed by atoms with E-state index >= 15 is 0 Å². The molecule has 1 aliphatic heterocycles. The lowest BCUT2D eigenvalue weighted by molar-refractivity contribution is -0.141. The highest BCUT2D eigenvalue weighted by Crippen LogP contribution is 2.21. The van der Waals surface area contributed by atoms with Gasteiger partial charge in [-0.15, -0.1) is 0 Å². The molecule has 1 unspecified atom stereocenters. The van der Waals surface area contributed by atoms with Crippen molar-refractivity contribution < 1.29 is 28.9 Å².